The average molecular weight is 274 g/mol. The predicted molar refractivity (Wildman–Crippen MR) is 84.1 cm³/mol. The Bertz CT molecular complexity index is 492. The quantitative estimate of drug-likeness (QED) is 0.657. The van der Waals surface area contributed by atoms with Crippen LogP contribution in [0.1, 0.15) is 58.3 Å². The van der Waals surface area contributed by atoms with Crippen molar-refractivity contribution in [2.24, 2.45) is 0 Å². The Kier molecular flexibility index (Phi) is 6.35. The second kappa shape index (κ2) is 8.56. The van der Waals surface area contributed by atoms with Gasteiger partial charge in [0.1, 0.15) is 5.52 Å². The van der Waals surface area contributed by atoms with Gasteiger partial charge in [-0.05, 0) is 12.5 Å². The molecule has 0 amide bonds. The first-order valence-corrected chi connectivity index (χ1v) is 7.94. The number of aromatic nitrogens is 3. The maximum atomic E-state index is 4.37. The van der Waals surface area contributed by atoms with Gasteiger partial charge in [0, 0.05) is 18.9 Å². The van der Waals surface area contributed by atoms with Gasteiger partial charge in [0.2, 0.25) is 0 Å². The minimum atomic E-state index is 0.938. The molecule has 2 aromatic heterocycles. The summed E-state index contributed by atoms with van der Waals surface area (Å²) in [6, 6.07) is 1.99. The second-order valence-corrected chi connectivity index (χ2v) is 5.34. The summed E-state index contributed by atoms with van der Waals surface area (Å²) >= 11 is 0. The summed E-state index contributed by atoms with van der Waals surface area (Å²) in [5.41, 5.74) is 1.05. The van der Waals surface area contributed by atoms with Gasteiger partial charge in [0.25, 0.3) is 0 Å². The predicted octanol–water partition coefficient (Wildman–Crippen LogP) is 4.28. The highest BCUT2D eigenvalue weighted by Gasteiger charge is 2.01. The smallest absolute Gasteiger partial charge is 0.152 e. The van der Waals surface area contributed by atoms with Crippen molar-refractivity contribution in [3.8, 4) is 0 Å². The maximum Gasteiger partial charge on any atom is 0.152 e. The van der Waals surface area contributed by atoms with Crippen LogP contribution in [0.5, 0.6) is 0 Å². The van der Waals surface area contributed by atoms with Gasteiger partial charge in [0.15, 0.2) is 5.82 Å². The number of nitrogens with one attached hydrogen (secondary N) is 1. The van der Waals surface area contributed by atoms with Crippen LogP contribution in [0.25, 0.3) is 5.52 Å². The fourth-order valence-electron chi connectivity index (χ4n) is 2.46. The van der Waals surface area contributed by atoms with Crippen LogP contribution in [0, 0.1) is 0 Å². The van der Waals surface area contributed by atoms with Crippen molar-refractivity contribution in [1.29, 1.82) is 0 Å². The minimum absolute atomic E-state index is 0.938. The summed E-state index contributed by atoms with van der Waals surface area (Å²) in [5, 5.41) is 7.62. The van der Waals surface area contributed by atoms with E-state index in [0.29, 0.717) is 0 Å². The summed E-state index contributed by atoms with van der Waals surface area (Å²) in [7, 11) is 0. The Morgan fingerprint density at radius 1 is 1.00 bits per heavy atom. The first-order valence-electron chi connectivity index (χ1n) is 7.94. The monoisotopic (exact) mass is 274 g/mol. The van der Waals surface area contributed by atoms with Crippen LogP contribution in [-0.2, 0) is 0 Å². The molecule has 0 radical (unpaired) electrons. The van der Waals surface area contributed by atoms with Crippen molar-refractivity contribution < 1.29 is 0 Å². The zero-order valence-electron chi connectivity index (χ0n) is 12.5. The van der Waals surface area contributed by atoms with Crippen molar-refractivity contribution in [3.63, 3.8) is 0 Å². The lowest BCUT2D eigenvalue weighted by Crippen LogP contribution is -2.05. The molecule has 0 aliphatic heterocycles. The molecule has 4 heteroatoms. The van der Waals surface area contributed by atoms with Gasteiger partial charge in [-0.1, -0.05) is 51.9 Å². The van der Waals surface area contributed by atoms with Crippen molar-refractivity contribution in [2.45, 2.75) is 58.3 Å². The Hall–Kier alpha value is -1.58. The molecular weight excluding hydrogens is 248 g/mol. The summed E-state index contributed by atoms with van der Waals surface area (Å²) in [6.45, 7) is 3.26. The number of rotatable bonds is 10. The van der Waals surface area contributed by atoms with E-state index >= 15 is 0 Å². The summed E-state index contributed by atoms with van der Waals surface area (Å²) < 4.78 is 1.85. The second-order valence-electron chi connectivity index (χ2n) is 5.34. The van der Waals surface area contributed by atoms with Gasteiger partial charge in [-0.25, -0.2) is 9.50 Å². The summed E-state index contributed by atoms with van der Waals surface area (Å²) in [4.78, 5) is 4.37. The highest BCUT2D eigenvalue weighted by atomic mass is 15.2. The lowest BCUT2D eigenvalue weighted by Gasteiger charge is -2.06. The summed E-state index contributed by atoms with van der Waals surface area (Å²) in [6.07, 6.45) is 16.3. The van der Waals surface area contributed by atoms with Gasteiger partial charge < -0.3 is 5.32 Å². The highest BCUT2D eigenvalue weighted by molar-refractivity contribution is 5.66. The average Bonchev–Trinajstić information content (AvgIpc) is 2.95. The zero-order chi connectivity index (χ0) is 14.0. The molecule has 0 saturated carbocycles. The lowest BCUT2D eigenvalue weighted by molar-refractivity contribution is 0.581. The third-order valence-electron chi connectivity index (χ3n) is 3.65. The molecule has 2 heterocycles. The fourth-order valence-corrected chi connectivity index (χ4v) is 2.46. The molecule has 0 aromatic carbocycles. The number of anilines is 1. The van der Waals surface area contributed by atoms with E-state index in [-0.39, 0.29) is 0 Å². The third kappa shape index (κ3) is 4.51. The van der Waals surface area contributed by atoms with E-state index in [4.69, 9.17) is 0 Å². The molecule has 0 atom stereocenters. The molecule has 2 aromatic rings. The van der Waals surface area contributed by atoms with Crippen LogP contribution in [0.2, 0.25) is 0 Å². The summed E-state index contributed by atoms with van der Waals surface area (Å²) in [5.74, 6) is 0.938. The van der Waals surface area contributed by atoms with E-state index in [1.165, 1.54) is 51.4 Å². The maximum absolute atomic E-state index is 4.37. The van der Waals surface area contributed by atoms with Crippen molar-refractivity contribution in [2.75, 3.05) is 11.9 Å². The molecule has 0 bridgehead atoms. The number of hydrogen-bond donors (Lipinski definition) is 1. The van der Waals surface area contributed by atoms with E-state index in [1.54, 1.807) is 12.4 Å². The van der Waals surface area contributed by atoms with Gasteiger partial charge in [-0.15, -0.1) is 0 Å². The fraction of sp³-hybridized carbons (Fsp3) is 0.625. The Balaban J connectivity index is 1.58. The van der Waals surface area contributed by atoms with Gasteiger partial charge in [0.05, 0.1) is 6.20 Å². The first-order chi connectivity index (χ1) is 9.92. The molecule has 0 spiro atoms. The molecular formula is C16H26N4. The molecule has 2 rings (SSSR count). The molecule has 0 saturated heterocycles. The Morgan fingerprint density at radius 3 is 2.55 bits per heavy atom. The number of hydrogen-bond acceptors (Lipinski definition) is 3. The van der Waals surface area contributed by atoms with E-state index < -0.39 is 0 Å². The molecule has 0 fully saturated rings. The van der Waals surface area contributed by atoms with Gasteiger partial charge in [-0.3, -0.25) is 0 Å². The molecule has 0 aliphatic carbocycles. The van der Waals surface area contributed by atoms with E-state index in [9.17, 15) is 0 Å². The van der Waals surface area contributed by atoms with Crippen molar-refractivity contribution >= 4 is 11.3 Å². The lowest BCUT2D eigenvalue weighted by atomic mass is 10.1. The number of nitrogens with zero attached hydrogens (tertiary/aromatic N) is 3. The Labute approximate surface area is 121 Å². The molecule has 0 unspecified atom stereocenters. The molecule has 0 aliphatic rings. The van der Waals surface area contributed by atoms with E-state index in [1.807, 2.05) is 16.8 Å². The highest BCUT2D eigenvalue weighted by Crippen LogP contribution is 2.13. The minimum Gasteiger partial charge on any atom is -0.368 e. The van der Waals surface area contributed by atoms with Crippen LogP contribution in [0.4, 0.5) is 5.82 Å². The van der Waals surface area contributed by atoms with Crippen LogP contribution in [0.3, 0.4) is 0 Å². The van der Waals surface area contributed by atoms with E-state index in [0.717, 1.165) is 17.9 Å². The third-order valence-corrected chi connectivity index (χ3v) is 3.65. The number of unbranched alkanes of at least 4 members (excludes halogenated alkanes) is 7. The standard InChI is InChI=1S/C16H26N4/c1-2-3-4-5-6-7-8-9-11-17-16-15-10-12-19-20(15)14-13-18-16/h10,12-14H,2-9,11H2,1H3,(H,17,18). The van der Waals surface area contributed by atoms with E-state index in [2.05, 4.69) is 22.3 Å². The van der Waals surface area contributed by atoms with Gasteiger partial charge >= 0.3 is 0 Å². The SMILES string of the molecule is CCCCCCCCCCNc1nccn2nccc12. The Morgan fingerprint density at radius 2 is 1.75 bits per heavy atom. The molecule has 20 heavy (non-hydrogen) atoms. The van der Waals surface area contributed by atoms with Crippen LogP contribution in [-0.4, -0.2) is 21.1 Å². The molecule has 110 valence electrons. The van der Waals surface area contributed by atoms with Gasteiger partial charge in [-0.2, -0.15) is 5.10 Å². The largest absolute Gasteiger partial charge is 0.368 e. The molecule has 4 nitrogen and oxygen atoms in total. The first kappa shape index (κ1) is 14.8. The van der Waals surface area contributed by atoms with Crippen LogP contribution >= 0.6 is 0 Å². The normalized spacial score (nSPS) is 11.1. The topological polar surface area (TPSA) is 42.2 Å². The van der Waals surface area contributed by atoms with Crippen LogP contribution in [0.15, 0.2) is 24.7 Å². The van der Waals surface area contributed by atoms with Crippen molar-refractivity contribution in [3.05, 3.63) is 24.7 Å². The molecule has 1 N–H and O–H groups in total. The zero-order valence-corrected chi connectivity index (χ0v) is 12.5. The van der Waals surface area contributed by atoms with Crippen molar-refractivity contribution in [1.82, 2.24) is 14.6 Å². The number of fused-ring (bicyclic) bond motifs is 1. The van der Waals surface area contributed by atoms with Crippen LogP contribution < -0.4 is 5.32 Å².